The van der Waals surface area contributed by atoms with Crippen LogP contribution in [0.1, 0.15) is 24.0 Å². The van der Waals surface area contributed by atoms with Crippen molar-refractivity contribution in [2.24, 2.45) is 0 Å². The molecule has 1 aromatic rings. The molecule has 1 aliphatic carbocycles. The zero-order valence-electron chi connectivity index (χ0n) is 9.16. The average molecular weight is 188 g/mol. The fraction of sp³-hybridized carbons (Fsp3) is 0.143. The summed E-state index contributed by atoms with van der Waals surface area (Å²) >= 11 is 2.22. The third-order valence-corrected chi connectivity index (χ3v) is 2.86. The molecule has 0 N–H and O–H groups in total. The van der Waals surface area contributed by atoms with E-state index < -0.39 is 0 Å². The summed E-state index contributed by atoms with van der Waals surface area (Å²) in [7, 11) is 0. The maximum absolute atomic E-state index is 3.80. The summed E-state index contributed by atoms with van der Waals surface area (Å²) in [5.74, 6) is 0. The number of rotatable bonds is 2. The van der Waals surface area contributed by atoms with Crippen LogP contribution in [0.5, 0.6) is 0 Å². The SMILES string of the molecule is [Li][C]1=C(c2cccc(C=C)c2)C=CCC1. The standard InChI is InChI=1S/C14H13.Li/c1-2-12-7-6-10-14(11-12)13-8-4-3-5-9-13;/h2,4,6-8,10-11H,1,3,5H2;. The second kappa shape index (κ2) is 4.71. The summed E-state index contributed by atoms with van der Waals surface area (Å²) < 4.78 is 1.48. The minimum atomic E-state index is 1.18. The Hall–Kier alpha value is -0.963. The average Bonchev–Trinajstić information content (AvgIpc) is 2.30. The zero-order valence-corrected chi connectivity index (χ0v) is 9.16. The molecule has 1 aliphatic rings. The molecule has 0 amide bonds. The molecule has 0 aromatic heterocycles. The number of hydrogen-bond donors (Lipinski definition) is 0. The summed E-state index contributed by atoms with van der Waals surface area (Å²) in [5, 5.41) is 0. The van der Waals surface area contributed by atoms with Crippen LogP contribution in [-0.4, -0.2) is 17.7 Å². The van der Waals surface area contributed by atoms with Gasteiger partial charge in [-0.05, 0) is 0 Å². The normalized spacial score (nSPS) is 15.6. The Balaban J connectivity index is 2.44. The van der Waals surface area contributed by atoms with Gasteiger partial charge in [-0.3, -0.25) is 0 Å². The molecule has 15 heavy (non-hydrogen) atoms. The van der Waals surface area contributed by atoms with Gasteiger partial charge in [0, 0.05) is 0 Å². The van der Waals surface area contributed by atoms with Crippen molar-refractivity contribution in [2.75, 3.05) is 0 Å². The van der Waals surface area contributed by atoms with E-state index in [1.165, 1.54) is 33.8 Å². The van der Waals surface area contributed by atoms with Gasteiger partial charge in [0.2, 0.25) is 0 Å². The van der Waals surface area contributed by atoms with Gasteiger partial charge in [-0.15, -0.1) is 0 Å². The van der Waals surface area contributed by atoms with Crippen LogP contribution in [0.25, 0.3) is 11.6 Å². The van der Waals surface area contributed by atoms with Gasteiger partial charge in [0.1, 0.15) is 0 Å². The molecule has 0 nitrogen and oxygen atoms in total. The van der Waals surface area contributed by atoms with Gasteiger partial charge in [-0.1, -0.05) is 0 Å². The summed E-state index contributed by atoms with van der Waals surface area (Å²) in [4.78, 5) is 0. The van der Waals surface area contributed by atoms with Crippen molar-refractivity contribution in [3.8, 4) is 0 Å². The van der Waals surface area contributed by atoms with E-state index in [4.69, 9.17) is 0 Å². The van der Waals surface area contributed by atoms with E-state index in [1.807, 2.05) is 6.08 Å². The van der Waals surface area contributed by atoms with E-state index in [2.05, 4.69) is 60.7 Å². The van der Waals surface area contributed by atoms with Crippen LogP contribution in [0.3, 0.4) is 0 Å². The van der Waals surface area contributed by atoms with Crippen molar-refractivity contribution in [2.45, 2.75) is 12.8 Å². The first-order valence-electron chi connectivity index (χ1n) is 5.40. The molecule has 0 fully saturated rings. The minimum absolute atomic E-state index is 1.18. The van der Waals surface area contributed by atoms with Gasteiger partial charge in [0.05, 0.1) is 0 Å². The Kier molecular flexibility index (Phi) is 3.31. The topological polar surface area (TPSA) is 0 Å². The Labute approximate surface area is 101 Å². The van der Waals surface area contributed by atoms with Crippen molar-refractivity contribution in [3.63, 3.8) is 0 Å². The second-order valence-corrected chi connectivity index (χ2v) is 3.96. The van der Waals surface area contributed by atoms with Crippen LogP contribution in [0.4, 0.5) is 0 Å². The first kappa shape index (κ1) is 10.6. The molecule has 1 heteroatoms. The number of benzene rings is 1. The van der Waals surface area contributed by atoms with Crippen molar-refractivity contribution < 1.29 is 0 Å². The molecule has 2 rings (SSSR count). The Morgan fingerprint density at radius 3 is 2.93 bits per heavy atom. The van der Waals surface area contributed by atoms with Crippen molar-refractivity contribution in [3.05, 3.63) is 58.4 Å². The van der Waals surface area contributed by atoms with Crippen LogP contribution in [0, 0.1) is 0 Å². The second-order valence-electron chi connectivity index (χ2n) is 3.96. The van der Waals surface area contributed by atoms with E-state index >= 15 is 0 Å². The molecule has 0 heterocycles. The van der Waals surface area contributed by atoms with Gasteiger partial charge in [0.25, 0.3) is 0 Å². The molecule has 0 aliphatic heterocycles. The van der Waals surface area contributed by atoms with E-state index in [1.54, 1.807) is 0 Å². The fourth-order valence-corrected chi connectivity index (χ4v) is 1.95. The van der Waals surface area contributed by atoms with E-state index in [0.717, 1.165) is 0 Å². The van der Waals surface area contributed by atoms with Crippen LogP contribution in [0.2, 0.25) is 0 Å². The van der Waals surface area contributed by atoms with Gasteiger partial charge < -0.3 is 0 Å². The molecule has 0 saturated heterocycles. The number of allylic oxidation sites excluding steroid dienone is 4. The Bertz CT molecular complexity index is 438. The maximum atomic E-state index is 3.80. The third-order valence-electron chi connectivity index (χ3n) is 2.86. The molecule has 0 unspecified atom stereocenters. The molecule has 0 radical (unpaired) electrons. The quantitative estimate of drug-likeness (QED) is 0.622. The van der Waals surface area contributed by atoms with E-state index in [9.17, 15) is 0 Å². The molecular formula is C14H13Li. The number of hydrogen-bond acceptors (Lipinski definition) is 0. The van der Waals surface area contributed by atoms with Gasteiger partial charge in [-0.2, -0.15) is 0 Å². The van der Waals surface area contributed by atoms with Crippen molar-refractivity contribution in [1.29, 1.82) is 0 Å². The Morgan fingerprint density at radius 1 is 1.33 bits per heavy atom. The van der Waals surface area contributed by atoms with Gasteiger partial charge >= 0.3 is 101 Å². The van der Waals surface area contributed by atoms with Crippen LogP contribution in [0.15, 0.2) is 47.2 Å². The summed E-state index contributed by atoms with van der Waals surface area (Å²) in [6.45, 7) is 3.80. The fourth-order valence-electron chi connectivity index (χ4n) is 1.95. The molecular weight excluding hydrogens is 175 g/mol. The molecule has 1 aromatic carbocycles. The molecule has 70 valence electrons. The predicted molar refractivity (Wildman–Crippen MR) is 67.6 cm³/mol. The van der Waals surface area contributed by atoms with Crippen LogP contribution < -0.4 is 0 Å². The summed E-state index contributed by atoms with van der Waals surface area (Å²) in [5.41, 5.74) is 3.87. The van der Waals surface area contributed by atoms with Crippen LogP contribution >= 0.6 is 0 Å². The summed E-state index contributed by atoms with van der Waals surface area (Å²) in [6.07, 6.45) is 8.75. The molecule has 0 saturated carbocycles. The van der Waals surface area contributed by atoms with Crippen LogP contribution in [-0.2, 0) is 0 Å². The monoisotopic (exact) mass is 188 g/mol. The summed E-state index contributed by atoms with van der Waals surface area (Å²) in [6, 6.07) is 8.54. The van der Waals surface area contributed by atoms with E-state index in [-0.39, 0.29) is 0 Å². The zero-order chi connectivity index (χ0) is 10.7. The molecule has 0 atom stereocenters. The van der Waals surface area contributed by atoms with E-state index in [0.29, 0.717) is 0 Å². The molecule has 0 bridgehead atoms. The van der Waals surface area contributed by atoms with Gasteiger partial charge in [-0.25, -0.2) is 0 Å². The van der Waals surface area contributed by atoms with Crippen molar-refractivity contribution in [1.82, 2.24) is 0 Å². The predicted octanol–water partition coefficient (Wildman–Crippen LogP) is 3.56. The first-order valence-corrected chi connectivity index (χ1v) is 5.40. The Morgan fingerprint density at radius 2 is 2.20 bits per heavy atom. The first-order chi connectivity index (χ1) is 7.31. The third kappa shape index (κ3) is 2.34. The molecule has 0 spiro atoms. The van der Waals surface area contributed by atoms with Crippen molar-refractivity contribution >= 4 is 29.4 Å². The van der Waals surface area contributed by atoms with Gasteiger partial charge in [0.15, 0.2) is 0 Å².